The number of rotatable bonds is 9. The molecule has 37 heavy (non-hydrogen) atoms. The highest BCUT2D eigenvalue weighted by Crippen LogP contribution is 2.32. The summed E-state index contributed by atoms with van der Waals surface area (Å²) >= 11 is 1.49. The number of carbonyl (C=O) groups excluding carboxylic acids is 3. The monoisotopic (exact) mass is 520 g/mol. The molecule has 0 saturated heterocycles. The van der Waals surface area contributed by atoms with E-state index >= 15 is 0 Å². The van der Waals surface area contributed by atoms with Crippen LogP contribution in [0, 0.1) is 0 Å². The van der Waals surface area contributed by atoms with Gasteiger partial charge in [-0.3, -0.25) is 14.5 Å². The molecule has 0 bridgehead atoms. The molecule has 0 radical (unpaired) electrons. The van der Waals surface area contributed by atoms with Crippen molar-refractivity contribution in [1.82, 2.24) is 5.32 Å². The molecule has 1 aliphatic carbocycles. The molecule has 1 heterocycles. The largest absolute Gasteiger partial charge is 0.497 e. The van der Waals surface area contributed by atoms with Crippen LogP contribution in [-0.4, -0.2) is 38.0 Å². The van der Waals surface area contributed by atoms with Gasteiger partial charge in [0.1, 0.15) is 11.8 Å². The molecule has 2 aromatic carbocycles. The van der Waals surface area contributed by atoms with Gasteiger partial charge in [-0.1, -0.05) is 37.5 Å². The number of nitrogens with one attached hydrogen (secondary N) is 1. The summed E-state index contributed by atoms with van der Waals surface area (Å²) in [4.78, 5) is 42.3. The summed E-state index contributed by atoms with van der Waals surface area (Å²) in [7, 11) is 2.89. The number of amides is 2. The first kappa shape index (κ1) is 26.4. The minimum atomic E-state index is -0.923. The number of nitrogens with zero attached hydrogens (tertiary/aromatic N) is 1. The molecule has 1 aliphatic rings. The quantitative estimate of drug-likeness (QED) is 0.387. The van der Waals surface area contributed by atoms with E-state index in [9.17, 15) is 14.4 Å². The molecule has 1 aromatic heterocycles. The second kappa shape index (κ2) is 12.5. The van der Waals surface area contributed by atoms with E-state index in [4.69, 9.17) is 9.47 Å². The standard InChI is InChI=1S/C29H32N2O5S/c1-35-24-11-6-8-21(18-24)27(28(33)30-22-9-4-3-5-10-22)31(26(32)19-25-12-7-17-37-25)23-15-13-20(14-16-23)29(34)36-2/h6-8,11-18,22,27H,3-5,9-10,19H2,1-2H3,(H,30,33)/t27-/m0/s1. The molecule has 8 heteroatoms. The third kappa shape index (κ3) is 6.57. The zero-order valence-electron chi connectivity index (χ0n) is 21.1. The van der Waals surface area contributed by atoms with Gasteiger partial charge in [0.05, 0.1) is 26.2 Å². The normalized spacial score (nSPS) is 14.4. The summed E-state index contributed by atoms with van der Waals surface area (Å²) in [6.07, 6.45) is 5.31. The van der Waals surface area contributed by atoms with Crippen LogP contribution < -0.4 is 15.0 Å². The summed E-state index contributed by atoms with van der Waals surface area (Å²) in [6, 6.07) is 16.8. The molecule has 0 aliphatic heterocycles. The minimum Gasteiger partial charge on any atom is -0.497 e. The zero-order valence-corrected chi connectivity index (χ0v) is 22.0. The van der Waals surface area contributed by atoms with Gasteiger partial charge in [0.2, 0.25) is 11.8 Å². The van der Waals surface area contributed by atoms with Crippen LogP contribution in [0.5, 0.6) is 5.75 Å². The second-order valence-corrected chi connectivity index (χ2v) is 10.1. The van der Waals surface area contributed by atoms with Crippen molar-refractivity contribution in [3.05, 3.63) is 82.0 Å². The highest BCUT2D eigenvalue weighted by molar-refractivity contribution is 7.10. The highest BCUT2D eigenvalue weighted by atomic mass is 32.1. The Morgan fingerprint density at radius 2 is 1.76 bits per heavy atom. The van der Waals surface area contributed by atoms with Crippen LogP contribution in [0.4, 0.5) is 5.69 Å². The fourth-order valence-electron chi connectivity index (χ4n) is 4.72. The van der Waals surface area contributed by atoms with E-state index in [0.29, 0.717) is 22.6 Å². The molecule has 3 aromatic rings. The van der Waals surface area contributed by atoms with Gasteiger partial charge in [-0.2, -0.15) is 0 Å². The lowest BCUT2D eigenvalue weighted by Gasteiger charge is -2.33. The smallest absolute Gasteiger partial charge is 0.337 e. The van der Waals surface area contributed by atoms with Gasteiger partial charge in [0.15, 0.2) is 0 Å². The van der Waals surface area contributed by atoms with E-state index in [1.165, 1.54) is 29.8 Å². The Kier molecular flexibility index (Phi) is 8.95. The zero-order chi connectivity index (χ0) is 26.2. The van der Waals surface area contributed by atoms with Gasteiger partial charge < -0.3 is 14.8 Å². The fraction of sp³-hybridized carbons (Fsp3) is 0.345. The van der Waals surface area contributed by atoms with Crippen LogP contribution in [0.1, 0.15) is 58.9 Å². The maximum Gasteiger partial charge on any atom is 0.337 e. The molecule has 1 fully saturated rings. The number of benzene rings is 2. The Hall–Kier alpha value is -3.65. The first-order valence-corrected chi connectivity index (χ1v) is 13.3. The fourth-order valence-corrected chi connectivity index (χ4v) is 5.41. The van der Waals surface area contributed by atoms with E-state index in [0.717, 1.165) is 30.6 Å². The van der Waals surface area contributed by atoms with E-state index < -0.39 is 12.0 Å². The van der Waals surface area contributed by atoms with Crippen LogP contribution in [0.3, 0.4) is 0 Å². The Morgan fingerprint density at radius 3 is 2.41 bits per heavy atom. The van der Waals surface area contributed by atoms with E-state index in [1.807, 2.05) is 35.7 Å². The molecule has 194 valence electrons. The highest BCUT2D eigenvalue weighted by Gasteiger charge is 2.34. The average molecular weight is 521 g/mol. The molecule has 2 amide bonds. The average Bonchev–Trinajstić information content (AvgIpc) is 3.44. The lowest BCUT2D eigenvalue weighted by atomic mass is 9.94. The van der Waals surface area contributed by atoms with Gasteiger partial charge in [-0.15, -0.1) is 11.3 Å². The van der Waals surface area contributed by atoms with Crippen molar-refractivity contribution in [3.63, 3.8) is 0 Å². The van der Waals surface area contributed by atoms with Crippen molar-refractivity contribution in [1.29, 1.82) is 0 Å². The number of hydrogen-bond donors (Lipinski definition) is 1. The van der Waals surface area contributed by atoms with E-state index in [2.05, 4.69) is 5.32 Å². The Labute approximate surface area is 221 Å². The Balaban J connectivity index is 1.77. The van der Waals surface area contributed by atoms with Crippen LogP contribution in [0.25, 0.3) is 0 Å². The van der Waals surface area contributed by atoms with Crippen molar-refractivity contribution in [2.24, 2.45) is 0 Å². The summed E-state index contributed by atoms with van der Waals surface area (Å²) in [6.45, 7) is 0. The number of methoxy groups -OCH3 is 2. The van der Waals surface area contributed by atoms with E-state index in [-0.39, 0.29) is 24.3 Å². The third-order valence-corrected chi connectivity index (χ3v) is 7.48. The molecule has 0 unspecified atom stereocenters. The second-order valence-electron chi connectivity index (χ2n) is 9.08. The lowest BCUT2D eigenvalue weighted by Crippen LogP contribution is -2.47. The minimum absolute atomic E-state index is 0.0744. The van der Waals surface area contributed by atoms with Gasteiger partial charge in [-0.05, 0) is 66.2 Å². The summed E-state index contributed by atoms with van der Waals surface area (Å²) in [5.74, 6) is -0.335. The number of hydrogen-bond acceptors (Lipinski definition) is 6. The molecule has 1 saturated carbocycles. The lowest BCUT2D eigenvalue weighted by molar-refractivity contribution is -0.127. The number of anilines is 1. The molecule has 7 nitrogen and oxygen atoms in total. The predicted molar refractivity (Wildman–Crippen MR) is 144 cm³/mol. The number of thiophene rings is 1. The molecule has 0 spiro atoms. The number of carbonyl (C=O) groups is 3. The molecule has 4 rings (SSSR count). The van der Waals surface area contributed by atoms with Crippen molar-refractivity contribution in [2.45, 2.75) is 50.6 Å². The molecular formula is C29H32N2O5S. The van der Waals surface area contributed by atoms with E-state index in [1.54, 1.807) is 37.4 Å². The first-order valence-electron chi connectivity index (χ1n) is 12.5. The Morgan fingerprint density at radius 1 is 1.00 bits per heavy atom. The topological polar surface area (TPSA) is 84.9 Å². The van der Waals surface area contributed by atoms with Crippen LogP contribution in [0.15, 0.2) is 66.0 Å². The molecule has 1 atom stereocenters. The first-order chi connectivity index (χ1) is 18.0. The van der Waals surface area contributed by atoms with Crippen LogP contribution >= 0.6 is 11.3 Å². The molecular weight excluding hydrogens is 488 g/mol. The summed E-state index contributed by atoms with van der Waals surface area (Å²) < 4.78 is 10.3. The van der Waals surface area contributed by atoms with Gasteiger partial charge in [0, 0.05) is 16.6 Å². The van der Waals surface area contributed by atoms with Crippen LogP contribution in [-0.2, 0) is 20.7 Å². The van der Waals surface area contributed by atoms with Crippen molar-refractivity contribution in [2.75, 3.05) is 19.1 Å². The maximum absolute atomic E-state index is 13.9. The van der Waals surface area contributed by atoms with Gasteiger partial charge in [0.25, 0.3) is 0 Å². The van der Waals surface area contributed by atoms with Crippen LogP contribution in [0.2, 0.25) is 0 Å². The third-order valence-electron chi connectivity index (χ3n) is 6.61. The summed E-state index contributed by atoms with van der Waals surface area (Å²) in [5.41, 5.74) is 1.52. The predicted octanol–water partition coefficient (Wildman–Crippen LogP) is 5.31. The Bertz CT molecular complexity index is 1200. The number of ether oxygens (including phenoxy) is 2. The van der Waals surface area contributed by atoms with Gasteiger partial charge in [-0.25, -0.2) is 4.79 Å². The van der Waals surface area contributed by atoms with Crippen molar-refractivity contribution in [3.8, 4) is 5.75 Å². The SMILES string of the molecule is COC(=O)c1ccc(N(C(=O)Cc2cccs2)[C@H](C(=O)NC2CCCCC2)c2cccc(OC)c2)cc1. The maximum atomic E-state index is 13.9. The van der Waals surface area contributed by atoms with Gasteiger partial charge >= 0.3 is 5.97 Å². The van der Waals surface area contributed by atoms with Crippen molar-refractivity contribution < 1.29 is 23.9 Å². The van der Waals surface area contributed by atoms with Crippen molar-refractivity contribution >= 4 is 34.8 Å². The summed E-state index contributed by atoms with van der Waals surface area (Å²) in [5, 5.41) is 5.14. The molecule has 1 N–H and O–H groups in total. The number of esters is 1.